The molecule has 0 fully saturated rings. The first-order valence-corrected chi connectivity index (χ1v) is 7.57. The molecule has 0 atom stereocenters. The zero-order chi connectivity index (χ0) is 17.4. The molecule has 0 saturated carbocycles. The molecule has 126 valence electrons. The fraction of sp³-hybridized carbons (Fsp3) is 0.222. The molecule has 0 radical (unpaired) electrons. The van der Waals surface area contributed by atoms with Gasteiger partial charge in [-0.1, -0.05) is 30.3 Å². The molecule has 0 aromatic heterocycles. The molecule has 6 heteroatoms. The van der Waals surface area contributed by atoms with Crippen LogP contribution in [0.2, 0.25) is 0 Å². The average Bonchev–Trinajstić information content (AvgIpc) is 2.61. The molecule has 0 saturated heterocycles. The van der Waals surface area contributed by atoms with Crippen LogP contribution in [0.4, 0.5) is 14.9 Å². The van der Waals surface area contributed by atoms with E-state index in [0.29, 0.717) is 6.54 Å². The number of urea groups is 1. The molecule has 24 heavy (non-hydrogen) atoms. The second-order valence-corrected chi connectivity index (χ2v) is 5.16. The molecule has 0 aliphatic heterocycles. The highest BCUT2D eigenvalue weighted by molar-refractivity contribution is 5.94. The molecule has 0 aliphatic rings. The van der Waals surface area contributed by atoms with Gasteiger partial charge >= 0.3 is 12.0 Å². The number of halogens is 1. The Balaban J connectivity index is 1.82. The summed E-state index contributed by atoms with van der Waals surface area (Å²) >= 11 is 0. The molecule has 0 aliphatic carbocycles. The summed E-state index contributed by atoms with van der Waals surface area (Å²) in [5.41, 5.74) is 1.29. The Bertz CT molecular complexity index is 705. The van der Waals surface area contributed by atoms with E-state index < -0.39 is 17.8 Å². The molecule has 2 aromatic carbocycles. The van der Waals surface area contributed by atoms with Crippen LogP contribution < -0.4 is 10.6 Å². The second-order valence-electron chi connectivity index (χ2n) is 5.16. The van der Waals surface area contributed by atoms with E-state index in [-0.39, 0.29) is 11.3 Å². The van der Waals surface area contributed by atoms with E-state index in [0.717, 1.165) is 18.9 Å². The maximum absolute atomic E-state index is 13.7. The van der Waals surface area contributed by atoms with Crippen molar-refractivity contribution in [3.05, 3.63) is 65.5 Å². The maximum atomic E-state index is 13.7. The zero-order valence-electron chi connectivity index (χ0n) is 13.3. The Morgan fingerprint density at radius 2 is 1.88 bits per heavy atom. The first kappa shape index (κ1) is 17.5. The van der Waals surface area contributed by atoms with E-state index in [1.54, 1.807) is 0 Å². The number of amides is 2. The number of nitrogens with one attached hydrogen (secondary N) is 2. The van der Waals surface area contributed by atoms with Gasteiger partial charge < -0.3 is 15.4 Å². The highest BCUT2D eigenvalue weighted by Crippen LogP contribution is 2.16. The molecule has 2 rings (SSSR count). The number of carbonyl (C=O) groups excluding carboxylic acids is 2. The van der Waals surface area contributed by atoms with Crippen molar-refractivity contribution in [2.45, 2.75) is 12.8 Å². The molecule has 5 nitrogen and oxygen atoms in total. The van der Waals surface area contributed by atoms with Crippen molar-refractivity contribution in [2.24, 2.45) is 0 Å². The topological polar surface area (TPSA) is 67.4 Å². The van der Waals surface area contributed by atoms with Crippen LogP contribution in [0, 0.1) is 5.82 Å². The smallest absolute Gasteiger partial charge is 0.337 e. The summed E-state index contributed by atoms with van der Waals surface area (Å²) in [6.07, 6.45) is 1.61. The van der Waals surface area contributed by atoms with E-state index in [1.807, 2.05) is 30.3 Å². The van der Waals surface area contributed by atoms with E-state index >= 15 is 0 Å². The highest BCUT2D eigenvalue weighted by atomic mass is 19.1. The molecule has 0 spiro atoms. The largest absolute Gasteiger partial charge is 0.465 e. The van der Waals surface area contributed by atoms with Gasteiger partial charge in [0.25, 0.3) is 0 Å². The van der Waals surface area contributed by atoms with Crippen LogP contribution in [0.25, 0.3) is 0 Å². The number of hydrogen-bond donors (Lipinski definition) is 2. The van der Waals surface area contributed by atoms with Crippen LogP contribution >= 0.6 is 0 Å². The van der Waals surface area contributed by atoms with E-state index in [4.69, 9.17) is 0 Å². The number of methoxy groups -OCH3 is 1. The predicted octanol–water partition coefficient (Wildman–Crippen LogP) is 3.37. The predicted molar refractivity (Wildman–Crippen MR) is 89.5 cm³/mol. The van der Waals surface area contributed by atoms with Crippen LogP contribution in [0.15, 0.2) is 48.5 Å². The van der Waals surface area contributed by atoms with Crippen molar-refractivity contribution < 1.29 is 18.7 Å². The normalized spacial score (nSPS) is 10.1. The number of benzene rings is 2. The summed E-state index contributed by atoms with van der Waals surface area (Å²) in [4.78, 5) is 23.3. The fourth-order valence-electron chi connectivity index (χ4n) is 2.17. The van der Waals surface area contributed by atoms with Crippen molar-refractivity contribution in [3.8, 4) is 0 Å². The third kappa shape index (κ3) is 5.08. The standard InChI is InChI=1S/C18H19FN2O3/c1-24-17(22)14-9-10-15(19)16(12-14)21-18(23)20-11-5-8-13-6-3-2-4-7-13/h2-4,6-7,9-10,12H,5,8,11H2,1H3,(H2,20,21,23). The monoisotopic (exact) mass is 330 g/mol. The quantitative estimate of drug-likeness (QED) is 0.630. The van der Waals surface area contributed by atoms with Gasteiger partial charge in [0.05, 0.1) is 18.4 Å². The SMILES string of the molecule is COC(=O)c1ccc(F)c(NC(=O)NCCCc2ccccc2)c1. The fourth-order valence-corrected chi connectivity index (χ4v) is 2.17. The molecule has 2 amide bonds. The number of rotatable bonds is 6. The van der Waals surface area contributed by atoms with Crippen molar-refractivity contribution in [3.63, 3.8) is 0 Å². The number of hydrogen-bond acceptors (Lipinski definition) is 3. The number of carbonyl (C=O) groups is 2. The summed E-state index contributed by atoms with van der Waals surface area (Å²) in [7, 11) is 1.23. The second kappa shape index (κ2) is 8.67. The number of aryl methyl sites for hydroxylation is 1. The van der Waals surface area contributed by atoms with Gasteiger partial charge in [-0.2, -0.15) is 0 Å². The minimum absolute atomic E-state index is 0.0709. The maximum Gasteiger partial charge on any atom is 0.337 e. The summed E-state index contributed by atoms with van der Waals surface area (Å²) in [6, 6.07) is 13.0. The Morgan fingerprint density at radius 1 is 1.12 bits per heavy atom. The van der Waals surface area contributed by atoms with Gasteiger partial charge in [-0.05, 0) is 36.6 Å². The Labute approximate surface area is 139 Å². The van der Waals surface area contributed by atoms with Crippen molar-refractivity contribution in [2.75, 3.05) is 19.0 Å². The summed E-state index contributed by atoms with van der Waals surface area (Å²) < 4.78 is 18.3. The van der Waals surface area contributed by atoms with Gasteiger partial charge in [0.2, 0.25) is 0 Å². The highest BCUT2D eigenvalue weighted by Gasteiger charge is 2.11. The van der Waals surface area contributed by atoms with Gasteiger partial charge in [0, 0.05) is 6.54 Å². The number of esters is 1. The third-order valence-corrected chi connectivity index (χ3v) is 3.41. The molecule has 2 aromatic rings. The lowest BCUT2D eigenvalue weighted by Crippen LogP contribution is -2.30. The minimum Gasteiger partial charge on any atom is -0.465 e. The third-order valence-electron chi connectivity index (χ3n) is 3.41. The zero-order valence-corrected chi connectivity index (χ0v) is 13.3. The van der Waals surface area contributed by atoms with Gasteiger partial charge in [0.1, 0.15) is 5.82 Å². The average molecular weight is 330 g/mol. The lowest BCUT2D eigenvalue weighted by Gasteiger charge is -2.09. The molecule has 2 N–H and O–H groups in total. The first-order chi connectivity index (χ1) is 11.6. The molecule has 0 heterocycles. The molecular weight excluding hydrogens is 311 g/mol. The summed E-state index contributed by atoms with van der Waals surface area (Å²) in [5, 5.41) is 5.05. The van der Waals surface area contributed by atoms with E-state index in [2.05, 4.69) is 15.4 Å². The van der Waals surface area contributed by atoms with Crippen molar-refractivity contribution in [1.82, 2.24) is 5.32 Å². The van der Waals surface area contributed by atoms with E-state index in [9.17, 15) is 14.0 Å². The van der Waals surface area contributed by atoms with Crippen molar-refractivity contribution in [1.29, 1.82) is 0 Å². The molecule has 0 bridgehead atoms. The van der Waals surface area contributed by atoms with E-state index in [1.165, 1.54) is 24.8 Å². The number of ether oxygens (including phenoxy) is 1. The molecular formula is C18H19FN2O3. The van der Waals surface area contributed by atoms with Crippen LogP contribution in [0.1, 0.15) is 22.3 Å². The summed E-state index contributed by atoms with van der Waals surface area (Å²) in [6.45, 7) is 0.457. The van der Waals surface area contributed by atoms with Crippen LogP contribution in [0.5, 0.6) is 0 Å². The summed E-state index contributed by atoms with van der Waals surface area (Å²) in [5.74, 6) is -1.22. The first-order valence-electron chi connectivity index (χ1n) is 7.57. The lowest BCUT2D eigenvalue weighted by atomic mass is 10.1. The lowest BCUT2D eigenvalue weighted by molar-refractivity contribution is 0.0600. The number of anilines is 1. The Hall–Kier alpha value is -2.89. The van der Waals surface area contributed by atoms with Crippen LogP contribution in [-0.2, 0) is 11.2 Å². The molecule has 0 unspecified atom stereocenters. The van der Waals surface area contributed by atoms with Crippen molar-refractivity contribution >= 4 is 17.7 Å². The van der Waals surface area contributed by atoms with Gasteiger partial charge in [-0.15, -0.1) is 0 Å². The Morgan fingerprint density at radius 3 is 2.58 bits per heavy atom. The van der Waals surface area contributed by atoms with Gasteiger partial charge in [-0.25, -0.2) is 14.0 Å². The minimum atomic E-state index is -0.623. The van der Waals surface area contributed by atoms with Gasteiger partial charge in [-0.3, -0.25) is 0 Å². The van der Waals surface area contributed by atoms with Gasteiger partial charge in [0.15, 0.2) is 0 Å². The Kier molecular flexibility index (Phi) is 6.31. The van der Waals surface area contributed by atoms with Crippen LogP contribution in [-0.4, -0.2) is 25.7 Å². The van der Waals surface area contributed by atoms with Crippen LogP contribution in [0.3, 0.4) is 0 Å².